The molecule has 0 saturated carbocycles. The minimum Gasteiger partial charge on any atom is -0.497 e. The molecule has 1 aliphatic heterocycles. The van der Waals surface area contributed by atoms with Crippen LogP contribution in [0.2, 0.25) is 0 Å². The molecule has 0 aliphatic carbocycles. The second-order valence-electron chi connectivity index (χ2n) is 6.81. The van der Waals surface area contributed by atoms with Crippen molar-refractivity contribution in [2.24, 2.45) is 11.8 Å². The van der Waals surface area contributed by atoms with E-state index in [0.717, 1.165) is 30.3 Å². The van der Waals surface area contributed by atoms with Gasteiger partial charge in [0.05, 0.1) is 12.1 Å². The predicted molar refractivity (Wildman–Crippen MR) is 96.8 cm³/mol. The van der Waals surface area contributed by atoms with Crippen LogP contribution in [-0.2, 0) is 6.42 Å². The number of carbonyl (C=O) groups excluding carboxylic acids is 1. The van der Waals surface area contributed by atoms with E-state index in [0.29, 0.717) is 17.5 Å². The van der Waals surface area contributed by atoms with Crippen LogP contribution in [0.3, 0.4) is 0 Å². The maximum Gasteiger partial charge on any atom is 0.273 e. The lowest BCUT2D eigenvalue weighted by atomic mass is 9.92. The van der Waals surface area contributed by atoms with E-state index in [1.54, 1.807) is 18.4 Å². The number of likely N-dealkylation sites (tertiary alicyclic amines) is 1. The Kier molecular flexibility index (Phi) is 5.19. The summed E-state index contributed by atoms with van der Waals surface area (Å²) >= 11 is 1.56. The zero-order chi connectivity index (χ0) is 17.1. The number of aromatic nitrogens is 1. The fraction of sp³-hybridized carbons (Fsp3) is 0.474. The van der Waals surface area contributed by atoms with Gasteiger partial charge >= 0.3 is 0 Å². The summed E-state index contributed by atoms with van der Waals surface area (Å²) in [4.78, 5) is 19.2. The van der Waals surface area contributed by atoms with Gasteiger partial charge in [0.15, 0.2) is 0 Å². The fourth-order valence-electron chi connectivity index (χ4n) is 3.40. The lowest BCUT2D eigenvalue weighted by Crippen LogP contribution is -2.42. The largest absolute Gasteiger partial charge is 0.497 e. The van der Waals surface area contributed by atoms with Crippen LogP contribution in [0, 0.1) is 11.8 Å². The third-order valence-corrected chi connectivity index (χ3v) is 5.29. The van der Waals surface area contributed by atoms with Crippen LogP contribution in [0.25, 0.3) is 0 Å². The first kappa shape index (κ1) is 17.0. The van der Waals surface area contributed by atoms with E-state index in [4.69, 9.17) is 4.74 Å². The van der Waals surface area contributed by atoms with Gasteiger partial charge in [-0.2, -0.15) is 0 Å². The first-order valence-electron chi connectivity index (χ1n) is 8.41. The highest BCUT2D eigenvalue weighted by molar-refractivity contribution is 7.09. The average Bonchev–Trinajstić information content (AvgIpc) is 3.02. The highest BCUT2D eigenvalue weighted by atomic mass is 32.1. The number of hydrogen-bond acceptors (Lipinski definition) is 4. The molecule has 2 atom stereocenters. The molecule has 2 heterocycles. The molecular weight excluding hydrogens is 320 g/mol. The van der Waals surface area contributed by atoms with E-state index in [1.807, 2.05) is 34.5 Å². The first-order chi connectivity index (χ1) is 11.5. The van der Waals surface area contributed by atoms with Crippen LogP contribution in [0.5, 0.6) is 5.75 Å². The van der Waals surface area contributed by atoms with Crippen LogP contribution in [0.4, 0.5) is 0 Å². The SMILES string of the molecule is COc1ccc(Cc2nc(C(=O)N3CC(C)CC(C)C3)cs2)cc1. The molecule has 1 aliphatic rings. The number of hydrogen-bond donors (Lipinski definition) is 0. The van der Waals surface area contributed by atoms with Crippen molar-refractivity contribution in [2.45, 2.75) is 26.7 Å². The number of nitrogens with zero attached hydrogens (tertiary/aromatic N) is 2. The van der Waals surface area contributed by atoms with E-state index in [9.17, 15) is 4.79 Å². The molecule has 2 unspecified atom stereocenters. The van der Waals surface area contributed by atoms with Crippen LogP contribution in [-0.4, -0.2) is 36.0 Å². The molecule has 0 radical (unpaired) electrons. The number of ether oxygens (including phenoxy) is 1. The number of carbonyl (C=O) groups is 1. The molecule has 5 heteroatoms. The van der Waals surface area contributed by atoms with Gasteiger partial charge in [-0.3, -0.25) is 4.79 Å². The second-order valence-corrected chi connectivity index (χ2v) is 7.75. The maximum absolute atomic E-state index is 12.7. The standard InChI is InChI=1S/C19H24N2O2S/c1-13-8-14(2)11-21(10-13)19(22)17-12-24-18(20-17)9-15-4-6-16(23-3)7-5-15/h4-7,12-14H,8-11H2,1-3H3. The van der Waals surface area contributed by atoms with Crippen molar-refractivity contribution in [3.63, 3.8) is 0 Å². The summed E-state index contributed by atoms with van der Waals surface area (Å²) in [7, 11) is 1.66. The molecule has 2 aromatic rings. The lowest BCUT2D eigenvalue weighted by molar-refractivity contribution is 0.0618. The Labute approximate surface area is 147 Å². The number of methoxy groups -OCH3 is 1. The Hall–Kier alpha value is -1.88. The van der Waals surface area contributed by atoms with Gasteiger partial charge in [-0.05, 0) is 36.0 Å². The molecule has 0 bridgehead atoms. The molecular formula is C19H24N2O2S. The predicted octanol–water partition coefficient (Wildman–Crippen LogP) is 3.86. The minimum absolute atomic E-state index is 0.0747. The Bertz CT molecular complexity index is 686. The molecule has 128 valence electrons. The van der Waals surface area contributed by atoms with E-state index in [-0.39, 0.29) is 5.91 Å². The van der Waals surface area contributed by atoms with Crippen molar-refractivity contribution in [1.29, 1.82) is 0 Å². The van der Waals surface area contributed by atoms with Crippen molar-refractivity contribution >= 4 is 17.2 Å². The summed E-state index contributed by atoms with van der Waals surface area (Å²) in [6, 6.07) is 7.97. The molecule has 1 amide bonds. The smallest absolute Gasteiger partial charge is 0.273 e. The monoisotopic (exact) mass is 344 g/mol. The van der Waals surface area contributed by atoms with Crippen LogP contribution in [0.15, 0.2) is 29.6 Å². The molecule has 1 fully saturated rings. The van der Waals surface area contributed by atoms with E-state index < -0.39 is 0 Å². The number of benzene rings is 1. The summed E-state index contributed by atoms with van der Waals surface area (Å²) in [6.07, 6.45) is 1.94. The fourth-order valence-corrected chi connectivity index (χ4v) is 4.20. The maximum atomic E-state index is 12.7. The average molecular weight is 344 g/mol. The summed E-state index contributed by atoms with van der Waals surface area (Å²) in [5.41, 5.74) is 1.76. The zero-order valence-electron chi connectivity index (χ0n) is 14.5. The highest BCUT2D eigenvalue weighted by Crippen LogP contribution is 2.24. The topological polar surface area (TPSA) is 42.4 Å². The molecule has 0 spiro atoms. The molecule has 0 N–H and O–H groups in total. The molecule has 4 nitrogen and oxygen atoms in total. The lowest BCUT2D eigenvalue weighted by Gasteiger charge is -2.34. The third-order valence-electron chi connectivity index (χ3n) is 4.44. The van der Waals surface area contributed by atoms with Crippen LogP contribution >= 0.6 is 11.3 Å². The number of thiazole rings is 1. The van der Waals surface area contributed by atoms with E-state index >= 15 is 0 Å². The normalized spacial score (nSPS) is 20.9. The van der Waals surface area contributed by atoms with Crippen LogP contribution < -0.4 is 4.74 Å². The van der Waals surface area contributed by atoms with E-state index in [2.05, 4.69) is 18.8 Å². The number of amides is 1. The number of rotatable bonds is 4. The van der Waals surface area contributed by atoms with E-state index in [1.165, 1.54) is 12.0 Å². The first-order valence-corrected chi connectivity index (χ1v) is 9.29. The molecule has 1 aromatic carbocycles. The highest BCUT2D eigenvalue weighted by Gasteiger charge is 2.27. The van der Waals surface area contributed by atoms with Gasteiger partial charge in [0, 0.05) is 24.9 Å². The summed E-state index contributed by atoms with van der Waals surface area (Å²) < 4.78 is 5.18. The van der Waals surface area contributed by atoms with Gasteiger partial charge < -0.3 is 9.64 Å². The van der Waals surface area contributed by atoms with Gasteiger partial charge in [-0.15, -0.1) is 11.3 Å². The quantitative estimate of drug-likeness (QED) is 0.846. The Balaban J connectivity index is 1.67. The third kappa shape index (κ3) is 3.96. The second kappa shape index (κ2) is 7.34. The van der Waals surface area contributed by atoms with Gasteiger partial charge in [0.2, 0.25) is 0 Å². The Morgan fingerprint density at radius 2 is 1.92 bits per heavy atom. The van der Waals surface area contributed by atoms with Crippen molar-refractivity contribution in [1.82, 2.24) is 9.88 Å². The van der Waals surface area contributed by atoms with Gasteiger partial charge in [-0.1, -0.05) is 26.0 Å². The minimum atomic E-state index is 0.0747. The van der Waals surface area contributed by atoms with Crippen molar-refractivity contribution in [3.8, 4) is 5.75 Å². The molecule has 24 heavy (non-hydrogen) atoms. The van der Waals surface area contributed by atoms with Crippen molar-refractivity contribution < 1.29 is 9.53 Å². The Morgan fingerprint density at radius 3 is 2.54 bits per heavy atom. The van der Waals surface area contributed by atoms with Gasteiger partial charge in [-0.25, -0.2) is 4.98 Å². The number of piperidine rings is 1. The summed E-state index contributed by atoms with van der Waals surface area (Å²) in [6.45, 7) is 6.11. The van der Waals surface area contributed by atoms with Crippen molar-refractivity contribution in [2.75, 3.05) is 20.2 Å². The van der Waals surface area contributed by atoms with Crippen LogP contribution in [0.1, 0.15) is 41.3 Å². The molecule has 3 rings (SSSR count). The summed E-state index contributed by atoms with van der Waals surface area (Å²) in [5.74, 6) is 2.05. The zero-order valence-corrected chi connectivity index (χ0v) is 15.3. The Morgan fingerprint density at radius 1 is 1.25 bits per heavy atom. The molecule has 1 aromatic heterocycles. The van der Waals surface area contributed by atoms with Gasteiger partial charge in [0.25, 0.3) is 5.91 Å². The summed E-state index contributed by atoms with van der Waals surface area (Å²) in [5, 5.41) is 2.87. The molecule has 1 saturated heterocycles. The van der Waals surface area contributed by atoms with Gasteiger partial charge in [0.1, 0.15) is 11.4 Å². The van der Waals surface area contributed by atoms with Crippen molar-refractivity contribution in [3.05, 3.63) is 45.9 Å².